The molecular weight excluding hydrogens is 414 g/mol. The molecular formula is C13H14ClNO9S2. The number of rotatable bonds is 6. The Balaban J connectivity index is 2.59. The van der Waals surface area contributed by atoms with Gasteiger partial charge in [0.25, 0.3) is 0 Å². The molecule has 0 amide bonds. The van der Waals surface area contributed by atoms with Crippen LogP contribution in [0.3, 0.4) is 0 Å². The molecule has 1 fully saturated rings. The summed E-state index contributed by atoms with van der Waals surface area (Å²) in [4.78, 5) is 21.5. The smallest absolute Gasteiger partial charge is 0.335 e. The number of aliphatic hydroxyl groups excluding tert-OH is 1. The lowest BCUT2D eigenvalue weighted by Gasteiger charge is -2.28. The Hall–Kier alpha value is -1.73. The summed E-state index contributed by atoms with van der Waals surface area (Å²) in [5.41, 5.74) is -0.414. The number of carbonyl (C=O) groups is 2. The number of aliphatic carboxylic acids is 1. The highest BCUT2D eigenvalue weighted by Crippen LogP contribution is 2.30. The van der Waals surface area contributed by atoms with Gasteiger partial charge in [0.1, 0.15) is 11.4 Å². The fourth-order valence-electron chi connectivity index (χ4n) is 2.56. The number of carboxylic acids is 2. The van der Waals surface area contributed by atoms with E-state index < -0.39 is 72.5 Å². The Bertz CT molecular complexity index is 958. The SMILES string of the molecule is O=C(O)CN([C@@H]1CS(=O)(=O)C[C@@H]1O)S(=O)(=O)c1cc(C(=O)O)ccc1Cl. The molecule has 0 unspecified atom stereocenters. The number of benzene rings is 1. The van der Waals surface area contributed by atoms with Crippen molar-refractivity contribution in [2.45, 2.75) is 17.0 Å². The molecule has 1 aromatic carbocycles. The van der Waals surface area contributed by atoms with Crippen molar-refractivity contribution in [1.29, 1.82) is 0 Å². The lowest BCUT2D eigenvalue weighted by Crippen LogP contribution is -2.48. The van der Waals surface area contributed by atoms with Crippen LogP contribution in [0.4, 0.5) is 0 Å². The van der Waals surface area contributed by atoms with E-state index in [0.717, 1.165) is 18.2 Å². The van der Waals surface area contributed by atoms with Gasteiger partial charge in [0.2, 0.25) is 10.0 Å². The number of aromatic carboxylic acids is 1. The molecule has 144 valence electrons. The van der Waals surface area contributed by atoms with E-state index in [4.69, 9.17) is 21.8 Å². The Labute approximate surface area is 153 Å². The predicted octanol–water partition coefficient (Wildman–Crippen LogP) is -0.729. The Morgan fingerprint density at radius 1 is 1.23 bits per heavy atom. The number of sulfone groups is 1. The summed E-state index contributed by atoms with van der Waals surface area (Å²) in [5.74, 6) is -4.51. The van der Waals surface area contributed by atoms with Crippen LogP contribution in [-0.4, -0.2) is 78.6 Å². The van der Waals surface area contributed by atoms with Crippen LogP contribution in [0.5, 0.6) is 0 Å². The first-order valence-electron chi connectivity index (χ1n) is 7.00. The summed E-state index contributed by atoms with van der Waals surface area (Å²) in [5, 5.41) is 27.6. The van der Waals surface area contributed by atoms with Gasteiger partial charge < -0.3 is 15.3 Å². The first kappa shape index (κ1) is 20.6. The summed E-state index contributed by atoms with van der Waals surface area (Å²) in [7, 11) is -8.49. The van der Waals surface area contributed by atoms with E-state index in [-0.39, 0.29) is 5.02 Å². The van der Waals surface area contributed by atoms with E-state index in [2.05, 4.69) is 0 Å². The molecule has 10 nitrogen and oxygen atoms in total. The molecule has 0 aliphatic carbocycles. The van der Waals surface area contributed by atoms with Crippen LogP contribution in [-0.2, 0) is 24.7 Å². The van der Waals surface area contributed by atoms with Gasteiger partial charge in [-0.1, -0.05) is 11.6 Å². The Morgan fingerprint density at radius 2 is 1.85 bits per heavy atom. The summed E-state index contributed by atoms with van der Waals surface area (Å²) >= 11 is 5.84. The molecule has 0 bridgehead atoms. The highest BCUT2D eigenvalue weighted by Gasteiger charge is 2.46. The lowest BCUT2D eigenvalue weighted by atomic mass is 10.2. The molecule has 1 aromatic rings. The standard InChI is InChI=1S/C13H14ClNO9S2/c14-8-2-1-7(13(19)20)3-11(8)26(23,24)15(4-12(17)18)9-5-25(21,22)6-10(9)16/h1-3,9-10,16H,4-6H2,(H,17,18)(H,19,20)/t9-,10+/m1/s1. The quantitative estimate of drug-likeness (QED) is 0.530. The summed E-state index contributed by atoms with van der Waals surface area (Å²) in [6.45, 7) is -1.13. The Kier molecular flexibility index (Phi) is 5.63. The largest absolute Gasteiger partial charge is 0.480 e. The summed E-state index contributed by atoms with van der Waals surface area (Å²) in [6.07, 6.45) is -1.63. The zero-order valence-corrected chi connectivity index (χ0v) is 15.3. The number of sulfonamides is 1. The number of halogens is 1. The zero-order valence-electron chi connectivity index (χ0n) is 12.9. The van der Waals surface area contributed by atoms with Gasteiger partial charge in [-0.25, -0.2) is 21.6 Å². The minimum absolute atomic E-state index is 0.317. The average molecular weight is 428 g/mol. The van der Waals surface area contributed by atoms with Crippen LogP contribution in [0.1, 0.15) is 10.4 Å². The Morgan fingerprint density at radius 3 is 2.31 bits per heavy atom. The van der Waals surface area contributed by atoms with E-state index in [9.17, 15) is 31.5 Å². The number of nitrogens with zero attached hydrogens (tertiary/aromatic N) is 1. The van der Waals surface area contributed by atoms with E-state index in [1.807, 2.05) is 0 Å². The van der Waals surface area contributed by atoms with Gasteiger partial charge in [0.05, 0.1) is 34.2 Å². The molecule has 1 aliphatic rings. The number of aliphatic hydroxyl groups is 1. The molecule has 2 rings (SSSR count). The van der Waals surface area contributed by atoms with Crippen molar-refractivity contribution < 1.29 is 41.7 Å². The topological polar surface area (TPSA) is 166 Å². The fraction of sp³-hybridized carbons (Fsp3) is 0.385. The molecule has 26 heavy (non-hydrogen) atoms. The average Bonchev–Trinajstić information content (AvgIpc) is 2.77. The molecule has 0 saturated carbocycles. The predicted molar refractivity (Wildman–Crippen MR) is 88.4 cm³/mol. The van der Waals surface area contributed by atoms with Gasteiger partial charge in [-0.15, -0.1) is 0 Å². The minimum Gasteiger partial charge on any atom is -0.480 e. The van der Waals surface area contributed by atoms with Crippen molar-refractivity contribution >= 4 is 43.4 Å². The van der Waals surface area contributed by atoms with E-state index in [1.54, 1.807) is 0 Å². The maximum Gasteiger partial charge on any atom is 0.335 e. The van der Waals surface area contributed by atoms with Gasteiger partial charge in [0, 0.05) is 0 Å². The number of hydrogen-bond donors (Lipinski definition) is 3. The van der Waals surface area contributed by atoms with E-state index in [0.29, 0.717) is 4.31 Å². The monoisotopic (exact) mass is 427 g/mol. The van der Waals surface area contributed by atoms with Crippen LogP contribution in [0.15, 0.2) is 23.1 Å². The van der Waals surface area contributed by atoms with Crippen molar-refractivity contribution in [3.8, 4) is 0 Å². The van der Waals surface area contributed by atoms with Crippen molar-refractivity contribution in [3.63, 3.8) is 0 Å². The molecule has 1 aliphatic heterocycles. The molecule has 1 saturated heterocycles. The van der Waals surface area contributed by atoms with Gasteiger partial charge in [0.15, 0.2) is 9.84 Å². The van der Waals surface area contributed by atoms with E-state index in [1.165, 1.54) is 0 Å². The third-order valence-electron chi connectivity index (χ3n) is 3.72. The first-order valence-corrected chi connectivity index (χ1v) is 10.6. The van der Waals surface area contributed by atoms with E-state index >= 15 is 0 Å². The van der Waals surface area contributed by atoms with Crippen molar-refractivity contribution in [3.05, 3.63) is 28.8 Å². The van der Waals surface area contributed by atoms with Crippen LogP contribution in [0, 0.1) is 0 Å². The second-order valence-corrected chi connectivity index (χ2v) is 10.0. The van der Waals surface area contributed by atoms with Gasteiger partial charge in [-0.3, -0.25) is 4.79 Å². The van der Waals surface area contributed by atoms with Crippen LogP contribution in [0.25, 0.3) is 0 Å². The van der Waals surface area contributed by atoms with Gasteiger partial charge in [-0.2, -0.15) is 4.31 Å². The maximum atomic E-state index is 12.9. The lowest BCUT2D eigenvalue weighted by molar-refractivity contribution is -0.137. The van der Waals surface area contributed by atoms with Gasteiger partial charge >= 0.3 is 11.9 Å². The maximum absolute atomic E-state index is 12.9. The molecule has 13 heteroatoms. The van der Waals surface area contributed by atoms with Crippen LogP contribution < -0.4 is 0 Å². The van der Waals surface area contributed by atoms with Gasteiger partial charge in [-0.05, 0) is 18.2 Å². The molecule has 1 heterocycles. The third-order valence-corrected chi connectivity index (χ3v) is 7.77. The fourth-order valence-corrected chi connectivity index (χ4v) is 6.56. The molecule has 0 radical (unpaired) electrons. The second-order valence-electron chi connectivity index (χ2n) is 5.61. The van der Waals surface area contributed by atoms with Crippen molar-refractivity contribution in [2.75, 3.05) is 18.1 Å². The normalized spacial score (nSPS) is 22.4. The highest BCUT2D eigenvalue weighted by atomic mass is 35.5. The number of hydrogen-bond acceptors (Lipinski definition) is 7. The molecule has 0 aromatic heterocycles. The molecule has 0 spiro atoms. The van der Waals surface area contributed by atoms with Crippen LogP contribution >= 0.6 is 11.6 Å². The van der Waals surface area contributed by atoms with Crippen molar-refractivity contribution in [2.24, 2.45) is 0 Å². The second kappa shape index (κ2) is 7.12. The first-order chi connectivity index (χ1) is 11.8. The third kappa shape index (κ3) is 4.15. The molecule has 2 atom stereocenters. The summed E-state index contributed by atoms with van der Waals surface area (Å²) < 4.78 is 49.5. The minimum atomic E-state index is -4.72. The zero-order chi connectivity index (χ0) is 19.9. The summed E-state index contributed by atoms with van der Waals surface area (Å²) in [6, 6.07) is 1.27. The molecule has 3 N–H and O–H groups in total. The highest BCUT2D eigenvalue weighted by molar-refractivity contribution is 7.92. The number of carboxylic acid groups (broad SMARTS) is 2. The van der Waals surface area contributed by atoms with Crippen LogP contribution in [0.2, 0.25) is 5.02 Å². The van der Waals surface area contributed by atoms with Crippen molar-refractivity contribution in [1.82, 2.24) is 4.31 Å².